The Labute approximate surface area is 335 Å². The van der Waals surface area contributed by atoms with Crippen molar-refractivity contribution in [2.45, 2.75) is 9.79 Å². The second-order valence-corrected chi connectivity index (χ2v) is 13.7. The van der Waals surface area contributed by atoms with Crippen molar-refractivity contribution in [2.75, 3.05) is 5.32 Å². The molecule has 0 aliphatic heterocycles. The molecule has 244 valence electrons. The van der Waals surface area contributed by atoms with Crippen LogP contribution in [0.4, 0.5) is 11.4 Å². The summed E-state index contributed by atoms with van der Waals surface area (Å²) >= 11 is 0. The number of fused-ring (bicyclic) bond motifs is 2. The Bertz CT molecular complexity index is 2650. The first kappa shape index (κ1) is 38.3. The van der Waals surface area contributed by atoms with E-state index < -0.39 is 47.2 Å². The first-order valence-electron chi connectivity index (χ1n) is 14.4. The number of carbonyl (C=O) groups is 2. The summed E-state index contributed by atoms with van der Waals surface area (Å²) < 4.78 is 75.2. The molecule has 2 N–H and O–H groups in total. The Kier molecular flexibility index (Phi) is 11.0. The van der Waals surface area contributed by atoms with Crippen LogP contribution in [-0.4, -0.2) is 42.5 Å². The first-order chi connectivity index (χ1) is 23.3. The number of rotatable bonds is 8. The standard InChI is InChI=1S/C35H22N2O10S2.2Na/c38-33(19-6-2-1-3-7-19)31-28-24-8-4-5-9-25(24)34(39)29-26(36-20-10-14-22(15-11-20)48(41,42)43)18-27(32(30(28)29)37-35(31)40)47-21-12-16-23(17-13-21)49(44,45)46;;/h1-18,36H,(H,37,40)(H,41,42,43)(H,44,45,46);;/q;2*+1/p-2. The Balaban J connectivity index is 0.00000252. The van der Waals surface area contributed by atoms with Crippen LogP contribution >= 0.6 is 0 Å². The number of aromatic nitrogens is 1. The van der Waals surface area contributed by atoms with E-state index in [1.54, 1.807) is 54.6 Å². The molecule has 1 aliphatic rings. The zero-order valence-electron chi connectivity index (χ0n) is 26.8. The molecule has 5 aromatic carbocycles. The predicted molar refractivity (Wildman–Crippen MR) is 175 cm³/mol. The average molecular weight is 739 g/mol. The van der Waals surface area contributed by atoms with Gasteiger partial charge in [0.05, 0.1) is 32.1 Å². The topological polar surface area (TPSA) is 203 Å². The summed E-state index contributed by atoms with van der Waals surface area (Å²) in [6.45, 7) is 0. The van der Waals surface area contributed by atoms with Gasteiger partial charge < -0.3 is 24.1 Å². The summed E-state index contributed by atoms with van der Waals surface area (Å²) in [5.74, 6) is -1.02. The van der Waals surface area contributed by atoms with Crippen LogP contribution in [0.15, 0.2) is 124 Å². The minimum atomic E-state index is -4.75. The monoisotopic (exact) mass is 738 g/mol. The van der Waals surface area contributed by atoms with Crippen molar-refractivity contribution in [3.8, 4) is 22.6 Å². The van der Waals surface area contributed by atoms with E-state index >= 15 is 0 Å². The van der Waals surface area contributed by atoms with E-state index in [0.29, 0.717) is 5.56 Å². The normalized spacial score (nSPS) is 11.9. The van der Waals surface area contributed by atoms with E-state index in [9.17, 15) is 40.3 Å². The molecule has 0 bridgehead atoms. The van der Waals surface area contributed by atoms with Crippen LogP contribution in [0, 0.1) is 0 Å². The molecule has 0 saturated heterocycles. The van der Waals surface area contributed by atoms with Crippen molar-refractivity contribution in [3.05, 3.63) is 142 Å². The number of benzene rings is 5. The number of nitrogens with one attached hydrogen (secondary N) is 2. The molecule has 0 atom stereocenters. The maximum absolute atomic E-state index is 14.3. The summed E-state index contributed by atoms with van der Waals surface area (Å²) in [5.41, 5.74) is 0.457. The van der Waals surface area contributed by atoms with E-state index in [1.165, 1.54) is 30.3 Å². The number of pyridine rings is 1. The minimum Gasteiger partial charge on any atom is -0.744 e. The third-order valence-corrected chi connectivity index (χ3v) is 9.65. The van der Waals surface area contributed by atoms with Gasteiger partial charge in [0.1, 0.15) is 26.0 Å². The fourth-order valence-corrected chi connectivity index (χ4v) is 6.72. The van der Waals surface area contributed by atoms with Crippen LogP contribution in [0.25, 0.3) is 22.0 Å². The predicted octanol–water partition coefficient (Wildman–Crippen LogP) is -0.677. The van der Waals surface area contributed by atoms with Gasteiger partial charge in [-0.1, -0.05) is 54.6 Å². The van der Waals surface area contributed by atoms with E-state index in [-0.39, 0.29) is 121 Å². The summed E-state index contributed by atoms with van der Waals surface area (Å²) in [6, 6.07) is 25.4. The van der Waals surface area contributed by atoms with Crippen molar-refractivity contribution >= 4 is 54.1 Å². The van der Waals surface area contributed by atoms with Crippen LogP contribution in [0.5, 0.6) is 11.5 Å². The number of hydrogen-bond donors (Lipinski definition) is 2. The zero-order valence-corrected chi connectivity index (χ0v) is 32.4. The fourth-order valence-electron chi connectivity index (χ4n) is 5.78. The summed E-state index contributed by atoms with van der Waals surface area (Å²) in [5, 5.41) is 3.24. The third-order valence-electron chi connectivity index (χ3n) is 7.95. The molecule has 0 unspecified atom stereocenters. The molecule has 1 aromatic heterocycles. The Morgan fingerprint density at radius 1 is 0.686 bits per heavy atom. The maximum Gasteiger partial charge on any atom is 1.00 e. The Morgan fingerprint density at radius 3 is 1.82 bits per heavy atom. The van der Waals surface area contributed by atoms with Crippen molar-refractivity contribution in [1.29, 1.82) is 0 Å². The first-order valence-corrected chi connectivity index (χ1v) is 17.2. The minimum absolute atomic E-state index is 0. The van der Waals surface area contributed by atoms with Crippen LogP contribution in [0.1, 0.15) is 31.8 Å². The molecular formula is C35H20N2Na2O10S2. The third kappa shape index (κ3) is 7.25. The van der Waals surface area contributed by atoms with Gasteiger partial charge in [-0.25, -0.2) is 16.8 Å². The van der Waals surface area contributed by atoms with E-state index in [1.807, 2.05) is 0 Å². The van der Waals surface area contributed by atoms with Gasteiger partial charge in [-0.3, -0.25) is 14.4 Å². The molecular weight excluding hydrogens is 719 g/mol. The molecule has 12 nitrogen and oxygen atoms in total. The van der Waals surface area contributed by atoms with Gasteiger partial charge in [0, 0.05) is 33.8 Å². The molecule has 16 heteroatoms. The number of H-pyrrole nitrogens is 1. The molecule has 0 spiro atoms. The number of aromatic amines is 1. The summed E-state index contributed by atoms with van der Waals surface area (Å²) in [4.78, 5) is 43.9. The molecule has 1 heterocycles. The van der Waals surface area contributed by atoms with Gasteiger partial charge in [-0.05, 0) is 54.1 Å². The number of hydrogen-bond acceptors (Lipinski definition) is 11. The zero-order chi connectivity index (χ0) is 34.7. The Hall–Kier alpha value is -3.93. The molecule has 51 heavy (non-hydrogen) atoms. The van der Waals surface area contributed by atoms with Crippen molar-refractivity contribution in [1.82, 2.24) is 4.98 Å². The van der Waals surface area contributed by atoms with Crippen molar-refractivity contribution in [3.63, 3.8) is 0 Å². The number of ether oxygens (including phenoxy) is 1. The average Bonchev–Trinajstić information content (AvgIpc) is 3.07. The van der Waals surface area contributed by atoms with Gasteiger partial charge in [0.2, 0.25) is 0 Å². The van der Waals surface area contributed by atoms with Crippen LogP contribution < -0.4 is 74.7 Å². The molecule has 6 aromatic rings. The largest absolute Gasteiger partial charge is 1.00 e. The maximum atomic E-state index is 14.3. The molecule has 0 amide bonds. The molecule has 0 fully saturated rings. The SMILES string of the molecule is O=C(c1ccccc1)c1c2c3c(c(Nc4ccc(S(=O)(=O)[O-])cc4)cc(Oc4ccc(S(=O)(=O)[O-])cc4)c3[nH]c1=O)C(=O)c1ccccc1-2.[Na+].[Na+]. The quantitative estimate of drug-likeness (QED) is 0.114. The van der Waals surface area contributed by atoms with Gasteiger partial charge in [-0.2, -0.15) is 0 Å². The smallest absolute Gasteiger partial charge is 0.744 e. The number of carbonyl (C=O) groups excluding carboxylic acids is 2. The van der Waals surface area contributed by atoms with Crippen LogP contribution in [-0.2, 0) is 20.2 Å². The molecule has 0 saturated carbocycles. The summed E-state index contributed by atoms with van der Waals surface area (Å²) in [7, 11) is -9.49. The summed E-state index contributed by atoms with van der Waals surface area (Å²) in [6.07, 6.45) is 0. The molecule has 1 aliphatic carbocycles. The van der Waals surface area contributed by atoms with Crippen LogP contribution in [0.3, 0.4) is 0 Å². The van der Waals surface area contributed by atoms with Gasteiger partial charge in [-0.15, -0.1) is 0 Å². The number of ketones is 2. The van der Waals surface area contributed by atoms with Gasteiger partial charge >= 0.3 is 59.1 Å². The van der Waals surface area contributed by atoms with E-state index in [0.717, 1.165) is 24.3 Å². The van der Waals surface area contributed by atoms with Crippen molar-refractivity contribution < 1.29 is 99.4 Å². The van der Waals surface area contributed by atoms with Gasteiger partial charge in [0.15, 0.2) is 17.3 Å². The van der Waals surface area contributed by atoms with Gasteiger partial charge in [0.25, 0.3) is 5.56 Å². The molecule has 7 rings (SSSR count). The number of anilines is 2. The second-order valence-electron chi connectivity index (χ2n) is 11.0. The Morgan fingerprint density at radius 2 is 1.24 bits per heavy atom. The van der Waals surface area contributed by atoms with Crippen molar-refractivity contribution in [2.24, 2.45) is 0 Å². The fraction of sp³-hybridized carbons (Fsp3) is 0. The van der Waals surface area contributed by atoms with Crippen LogP contribution in [0.2, 0.25) is 0 Å². The van der Waals surface area contributed by atoms with E-state index in [4.69, 9.17) is 4.74 Å². The van der Waals surface area contributed by atoms with E-state index in [2.05, 4.69) is 10.3 Å². The second kappa shape index (κ2) is 14.6. The molecule has 0 radical (unpaired) electrons.